The zero-order valence-electron chi connectivity index (χ0n) is 14.0. The number of anilines is 1. The maximum Gasteiger partial charge on any atom is 1.00 e. The predicted octanol–water partition coefficient (Wildman–Crippen LogP) is -3.76. The minimum Gasteiger partial charge on any atom is -1.00 e. The number of aliphatic hydroxyl groups is 1. The van der Waals surface area contributed by atoms with Gasteiger partial charge in [0.25, 0.3) is 10.1 Å². The van der Waals surface area contributed by atoms with Gasteiger partial charge in [-0.05, 0) is 19.1 Å². The number of likely N-dealkylation sites (N-methyl/N-ethyl adjacent to an activating group) is 1. The van der Waals surface area contributed by atoms with Gasteiger partial charge in [0.15, 0.2) is 0 Å². The average Bonchev–Trinajstić information content (AvgIpc) is 2.34. The number of hydrogen-bond acceptors (Lipinski definition) is 5. The molecular weight excluding hydrogens is 325 g/mol. The van der Waals surface area contributed by atoms with Crippen molar-refractivity contribution in [2.45, 2.75) is 13.0 Å². The van der Waals surface area contributed by atoms with E-state index in [0.717, 1.165) is 5.69 Å². The van der Waals surface area contributed by atoms with E-state index in [1.807, 2.05) is 19.1 Å². The van der Waals surface area contributed by atoms with Gasteiger partial charge in [-0.15, -0.1) is 0 Å². The van der Waals surface area contributed by atoms with Crippen LogP contribution in [0, 0.1) is 0 Å². The molecule has 0 heterocycles. The van der Waals surface area contributed by atoms with Gasteiger partial charge < -0.3 is 27.1 Å². The fourth-order valence-electron chi connectivity index (χ4n) is 1.77. The van der Waals surface area contributed by atoms with Crippen molar-refractivity contribution in [1.29, 1.82) is 0 Å². The molecule has 0 aliphatic carbocycles. The maximum absolute atomic E-state index is 10.7. The van der Waals surface area contributed by atoms with Gasteiger partial charge in [0.2, 0.25) is 0 Å². The number of rotatable bonds is 7. The van der Waals surface area contributed by atoms with E-state index in [0.29, 0.717) is 12.3 Å². The third kappa shape index (κ3) is 9.59. The Balaban J connectivity index is -0.000000451. The van der Waals surface area contributed by atoms with Gasteiger partial charge in [-0.25, -0.2) is 0 Å². The first-order valence-corrected chi connectivity index (χ1v) is 7.49. The number of nitrogens with zero attached hydrogens (tertiary/aromatic N) is 1. The summed E-state index contributed by atoms with van der Waals surface area (Å²) in [6.45, 7) is 2.60. The topological polar surface area (TPSA) is 150 Å². The molecule has 0 saturated heterocycles. The van der Waals surface area contributed by atoms with Gasteiger partial charge in [-0.2, -0.15) is 8.42 Å². The van der Waals surface area contributed by atoms with Crippen LogP contribution in [0.2, 0.25) is 0 Å². The van der Waals surface area contributed by atoms with Gasteiger partial charge in [0.05, 0.1) is 13.2 Å². The molecule has 1 aromatic rings. The quantitative estimate of drug-likeness (QED) is 0.381. The number of aliphatic hydroxyl groups excluding tert-OH is 1. The Hall–Kier alpha value is -0.390. The molecule has 0 amide bonds. The van der Waals surface area contributed by atoms with Crippen LogP contribution in [0.25, 0.3) is 0 Å². The largest absolute Gasteiger partial charge is 1.00 e. The van der Waals surface area contributed by atoms with Crippen molar-refractivity contribution in [3.63, 3.8) is 0 Å². The minimum atomic E-state index is -4.17. The van der Waals surface area contributed by atoms with Crippen LogP contribution in [0.3, 0.4) is 0 Å². The van der Waals surface area contributed by atoms with Crippen LogP contribution in [-0.4, -0.2) is 61.1 Å². The van der Waals surface area contributed by atoms with Gasteiger partial charge in [0.1, 0.15) is 11.5 Å². The third-order valence-electron chi connectivity index (χ3n) is 2.63. The summed E-state index contributed by atoms with van der Waals surface area (Å²) in [5, 5.41) is 9.66. The van der Waals surface area contributed by atoms with E-state index >= 15 is 0 Å². The Kier molecular flexibility index (Phi) is 14.6. The fraction of sp³-hybridized carbons (Fsp3) is 0.500. The second-order valence-corrected chi connectivity index (χ2v) is 5.64. The number of hydrogen-bond donors (Lipinski definition) is 2. The summed E-state index contributed by atoms with van der Waals surface area (Å²) in [7, 11) is -2.62. The van der Waals surface area contributed by atoms with Crippen LogP contribution in [0.4, 0.5) is 5.69 Å². The molecule has 0 saturated carbocycles. The Labute approximate surface area is 154 Å². The van der Waals surface area contributed by atoms with Crippen LogP contribution >= 0.6 is 0 Å². The molecule has 0 spiro atoms. The van der Waals surface area contributed by atoms with Crippen molar-refractivity contribution < 1.29 is 64.8 Å². The van der Waals surface area contributed by atoms with E-state index < -0.39 is 22.0 Å². The molecule has 1 rings (SSSR count). The molecule has 1 atom stereocenters. The summed E-state index contributed by atoms with van der Waals surface area (Å²) in [5.74, 6) is 0.00761. The van der Waals surface area contributed by atoms with Crippen molar-refractivity contribution in [2.24, 2.45) is 0 Å². The summed E-state index contributed by atoms with van der Waals surface area (Å²) in [5.41, 5.74) is 0.816. The van der Waals surface area contributed by atoms with Crippen molar-refractivity contribution in [3.8, 4) is 5.75 Å². The predicted molar refractivity (Wildman–Crippen MR) is 81.6 cm³/mol. The first-order valence-electron chi connectivity index (χ1n) is 5.88. The van der Waals surface area contributed by atoms with Crippen molar-refractivity contribution in [3.05, 3.63) is 24.3 Å². The van der Waals surface area contributed by atoms with Crippen LogP contribution in [0.1, 0.15) is 8.35 Å². The second-order valence-electron chi connectivity index (χ2n) is 4.14. The molecule has 0 radical (unpaired) electrons. The minimum absolute atomic E-state index is 0. The molecule has 22 heavy (non-hydrogen) atoms. The van der Waals surface area contributed by atoms with E-state index in [9.17, 15) is 13.5 Å². The van der Waals surface area contributed by atoms with Crippen LogP contribution in [0.5, 0.6) is 5.75 Å². The summed E-state index contributed by atoms with van der Waals surface area (Å²) >= 11 is 0. The molecule has 6 N–H and O–H groups in total. The number of benzene rings is 1. The van der Waals surface area contributed by atoms with E-state index in [4.69, 9.17) is 9.29 Å². The van der Waals surface area contributed by atoms with Gasteiger partial charge in [0, 0.05) is 24.8 Å². The van der Waals surface area contributed by atoms with Gasteiger partial charge in [-0.1, -0.05) is 6.07 Å². The molecule has 0 bridgehead atoms. The van der Waals surface area contributed by atoms with Crippen molar-refractivity contribution in [1.82, 2.24) is 0 Å². The van der Waals surface area contributed by atoms with E-state index in [-0.39, 0.29) is 48.5 Å². The van der Waals surface area contributed by atoms with Gasteiger partial charge >= 0.3 is 29.6 Å². The SMILES string of the molecule is CCN(CC(O)CS(=O)(=O)O)c1cccc(OC)c1.O.O.[H-].[Na+]. The molecule has 1 unspecified atom stereocenters. The molecule has 0 aromatic heterocycles. The smallest absolute Gasteiger partial charge is 1.00 e. The molecule has 0 aliphatic heterocycles. The summed E-state index contributed by atoms with van der Waals surface area (Å²) in [6, 6.07) is 7.24. The normalized spacial score (nSPS) is 11.3. The standard InChI is InChI=1S/C12H19NO5S.Na.2H2O.H/c1-3-13(8-11(14)9-19(15,16)17)10-5-4-6-12(7-10)18-2;;;;/h4-7,11,14H,3,8-9H2,1-2H3,(H,15,16,17);;2*1H2;/q;+1;;;-1. The molecule has 1 aromatic carbocycles. The van der Waals surface area contributed by atoms with Gasteiger partial charge in [-0.3, -0.25) is 4.55 Å². The molecule has 126 valence electrons. The van der Waals surface area contributed by atoms with Crippen molar-refractivity contribution >= 4 is 15.8 Å². The zero-order chi connectivity index (χ0) is 14.5. The van der Waals surface area contributed by atoms with Crippen LogP contribution < -0.4 is 39.2 Å². The molecule has 0 aliphatic rings. The average molecular weight is 349 g/mol. The summed E-state index contributed by atoms with van der Waals surface area (Å²) in [6.07, 6.45) is -1.15. The Morgan fingerprint density at radius 3 is 2.41 bits per heavy atom. The van der Waals surface area contributed by atoms with Crippen molar-refractivity contribution in [2.75, 3.05) is 30.9 Å². The van der Waals surface area contributed by atoms with Crippen LogP contribution in [0.15, 0.2) is 24.3 Å². The second kappa shape index (κ2) is 12.1. The first-order chi connectivity index (χ1) is 8.85. The van der Waals surface area contributed by atoms with E-state index in [2.05, 4.69) is 0 Å². The summed E-state index contributed by atoms with van der Waals surface area (Å²) < 4.78 is 35.2. The molecule has 0 fully saturated rings. The fourth-order valence-corrected chi connectivity index (χ4v) is 2.37. The summed E-state index contributed by atoms with van der Waals surface area (Å²) in [4.78, 5) is 1.80. The molecule has 8 nitrogen and oxygen atoms in total. The first kappa shape index (κ1) is 26.5. The zero-order valence-corrected chi connectivity index (χ0v) is 15.8. The molecule has 10 heteroatoms. The Morgan fingerprint density at radius 1 is 1.36 bits per heavy atom. The Bertz CT molecular complexity index is 518. The Morgan fingerprint density at radius 2 is 1.95 bits per heavy atom. The van der Waals surface area contributed by atoms with E-state index in [1.54, 1.807) is 24.1 Å². The third-order valence-corrected chi connectivity index (χ3v) is 3.44. The monoisotopic (exact) mass is 349 g/mol. The maximum atomic E-state index is 10.7. The number of methoxy groups -OCH3 is 1. The number of ether oxygens (including phenoxy) is 1. The van der Waals surface area contributed by atoms with Crippen LogP contribution in [-0.2, 0) is 10.1 Å². The van der Waals surface area contributed by atoms with E-state index in [1.165, 1.54) is 0 Å². The molecular formula is C12H24NNaO7S.